The van der Waals surface area contributed by atoms with Gasteiger partial charge in [0.1, 0.15) is 0 Å². The molecule has 0 unspecified atom stereocenters. The predicted octanol–water partition coefficient (Wildman–Crippen LogP) is 5.26. The second-order valence-corrected chi connectivity index (χ2v) is 4.64. The summed E-state index contributed by atoms with van der Waals surface area (Å²) in [6.07, 6.45) is 1.75. The highest BCUT2D eigenvalue weighted by Crippen LogP contribution is 2.23. The molecule has 0 fully saturated rings. The van der Waals surface area contributed by atoms with Gasteiger partial charge in [-0.15, -0.1) is 6.58 Å². The van der Waals surface area contributed by atoms with Crippen LogP contribution in [0, 0.1) is 13.8 Å². The molecule has 0 aliphatic rings. The normalized spacial score (nSPS) is 9.26. The Bertz CT molecular complexity index is 449. The number of hydrogen-bond donors (Lipinski definition) is 0. The molecule has 1 heteroatoms. The molecule has 100 valence electrons. The monoisotopic (exact) mass is 253 g/mol. The van der Waals surface area contributed by atoms with Gasteiger partial charge in [0.05, 0.1) is 0 Å². The first kappa shape index (κ1) is 15.0. The second-order valence-electron chi connectivity index (χ2n) is 4.64. The van der Waals surface area contributed by atoms with Gasteiger partial charge in [-0.05, 0) is 45.0 Å². The maximum absolute atomic E-state index is 3.36. The zero-order chi connectivity index (χ0) is 14.3. The van der Waals surface area contributed by atoms with Crippen LogP contribution < -0.4 is 4.90 Å². The van der Waals surface area contributed by atoms with Crippen LogP contribution in [0.2, 0.25) is 0 Å². The second kappa shape index (κ2) is 7.42. The lowest BCUT2D eigenvalue weighted by Gasteiger charge is -2.19. The van der Waals surface area contributed by atoms with E-state index in [1.54, 1.807) is 6.08 Å². The van der Waals surface area contributed by atoms with Gasteiger partial charge in [-0.3, -0.25) is 0 Å². The molecule has 0 aliphatic heterocycles. The third kappa shape index (κ3) is 4.63. The van der Waals surface area contributed by atoms with Gasteiger partial charge >= 0.3 is 0 Å². The molecule has 0 aliphatic carbocycles. The van der Waals surface area contributed by atoms with Gasteiger partial charge in [0.15, 0.2) is 0 Å². The molecule has 1 nitrogen and oxygen atoms in total. The van der Waals surface area contributed by atoms with E-state index in [2.05, 4.69) is 80.9 Å². The first-order chi connectivity index (χ1) is 9.08. The fourth-order valence-corrected chi connectivity index (χ4v) is 1.69. The van der Waals surface area contributed by atoms with E-state index < -0.39 is 0 Å². The molecule has 0 atom stereocenters. The van der Waals surface area contributed by atoms with Crippen molar-refractivity contribution in [1.82, 2.24) is 0 Å². The number of rotatable bonds is 2. The summed E-state index contributed by atoms with van der Waals surface area (Å²) in [5.74, 6) is 0. The van der Waals surface area contributed by atoms with Gasteiger partial charge in [0, 0.05) is 18.4 Å². The maximum atomic E-state index is 3.36. The number of anilines is 2. The Hall–Kier alpha value is -2.02. The molecule has 0 amide bonds. The highest BCUT2D eigenvalue weighted by atomic mass is 15.1. The number of hydrogen-bond acceptors (Lipinski definition) is 1. The van der Waals surface area contributed by atoms with E-state index in [9.17, 15) is 0 Å². The zero-order valence-electron chi connectivity index (χ0n) is 12.4. The highest BCUT2D eigenvalue weighted by molar-refractivity contribution is 5.62. The number of allylic oxidation sites excluding steroid dienone is 1. The predicted molar refractivity (Wildman–Crippen MR) is 86.3 cm³/mol. The summed E-state index contributed by atoms with van der Waals surface area (Å²) >= 11 is 0. The average molecular weight is 253 g/mol. The SMILES string of the molecule is C=CC.Cc1ccc(N(C)c2ccc(C)cc2)cc1. The summed E-state index contributed by atoms with van der Waals surface area (Å²) < 4.78 is 0. The summed E-state index contributed by atoms with van der Waals surface area (Å²) in [7, 11) is 2.09. The van der Waals surface area contributed by atoms with Gasteiger partial charge in [-0.25, -0.2) is 0 Å². The van der Waals surface area contributed by atoms with Crippen LogP contribution in [0.15, 0.2) is 61.2 Å². The van der Waals surface area contributed by atoms with Crippen LogP contribution in [0.5, 0.6) is 0 Å². The lowest BCUT2D eigenvalue weighted by Crippen LogP contribution is -2.08. The zero-order valence-corrected chi connectivity index (χ0v) is 12.4. The fraction of sp³-hybridized carbons (Fsp3) is 0.222. The van der Waals surface area contributed by atoms with E-state index in [0.29, 0.717) is 0 Å². The Morgan fingerprint density at radius 1 is 0.789 bits per heavy atom. The van der Waals surface area contributed by atoms with Crippen molar-refractivity contribution in [1.29, 1.82) is 0 Å². The van der Waals surface area contributed by atoms with E-state index in [4.69, 9.17) is 0 Å². The molecule has 0 bridgehead atoms. The van der Waals surface area contributed by atoms with E-state index in [0.717, 1.165) is 0 Å². The van der Waals surface area contributed by atoms with Crippen LogP contribution >= 0.6 is 0 Å². The molecule has 0 spiro atoms. The van der Waals surface area contributed by atoms with Gasteiger partial charge in [-0.1, -0.05) is 41.5 Å². The van der Waals surface area contributed by atoms with Gasteiger partial charge < -0.3 is 4.90 Å². The minimum atomic E-state index is 1.22. The van der Waals surface area contributed by atoms with Gasteiger partial charge in [-0.2, -0.15) is 0 Å². The smallest absolute Gasteiger partial charge is 0.0408 e. The van der Waals surface area contributed by atoms with Gasteiger partial charge in [0.2, 0.25) is 0 Å². The molecule has 0 heterocycles. The number of nitrogens with zero attached hydrogens (tertiary/aromatic N) is 1. The fourth-order valence-electron chi connectivity index (χ4n) is 1.69. The van der Waals surface area contributed by atoms with Crippen molar-refractivity contribution in [2.24, 2.45) is 0 Å². The molecule has 0 radical (unpaired) electrons. The molecular weight excluding hydrogens is 230 g/mol. The first-order valence-electron chi connectivity index (χ1n) is 6.52. The van der Waals surface area contributed by atoms with Crippen LogP contribution in [0.25, 0.3) is 0 Å². The minimum absolute atomic E-state index is 1.22. The molecule has 0 saturated carbocycles. The molecule has 0 N–H and O–H groups in total. The highest BCUT2D eigenvalue weighted by Gasteiger charge is 2.02. The lowest BCUT2D eigenvalue weighted by atomic mass is 10.2. The summed E-state index contributed by atoms with van der Waals surface area (Å²) in [5, 5.41) is 0. The molecule has 19 heavy (non-hydrogen) atoms. The molecule has 2 aromatic carbocycles. The Morgan fingerprint density at radius 2 is 1.05 bits per heavy atom. The van der Waals surface area contributed by atoms with E-state index in [1.165, 1.54) is 22.5 Å². The summed E-state index contributed by atoms with van der Waals surface area (Å²) in [6.45, 7) is 9.46. The molecule has 0 saturated heterocycles. The Labute approximate surface area is 117 Å². The largest absolute Gasteiger partial charge is 0.345 e. The third-order valence-corrected chi connectivity index (χ3v) is 2.84. The van der Waals surface area contributed by atoms with Crippen molar-refractivity contribution in [3.63, 3.8) is 0 Å². The van der Waals surface area contributed by atoms with Crippen molar-refractivity contribution in [3.05, 3.63) is 72.3 Å². The van der Waals surface area contributed by atoms with Crippen molar-refractivity contribution in [2.75, 3.05) is 11.9 Å². The van der Waals surface area contributed by atoms with E-state index >= 15 is 0 Å². The third-order valence-electron chi connectivity index (χ3n) is 2.84. The number of benzene rings is 2. The minimum Gasteiger partial charge on any atom is -0.345 e. The van der Waals surface area contributed by atoms with Crippen LogP contribution in [0.1, 0.15) is 18.1 Å². The Kier molecular flexibility index (Phi) is 5.87. The van der Waals surface area contributed by atoms with Crippen LogP contribution in [0.4, 0.5) is 11.4 Å². The van der Waals surface area contributed by atoms with Crippen molar-refractivity contribution < 1.29 is 0 Å². The van der Waals surface area contributed by atoms with E-state index in [-0.39, 0.29) is 0 Å². The van der Waals surface area contributed by atoms with Crippen LogP contribution in [-0.4, -0.2) is 7.05 Å². The van der Waals surface area contributed by atoms with Crippen molar-refractivity contribution in [3.8, 4) is 0 Å². The molecular formula is C18H23N. The van der Waals surface area contributed by atoms with E-state index in [1.807, 2.05) is 6.92 Å². The standard InChI is InChI=1S/C15H17N.C3H6/c1-12-4-8-14(9-5-12)16(3)15-10-6-13(2)7-11-15;1-3-2/h4-11H,1-3H3;3H,1H2,2H3. The first-order valence-corrected chi connectivity index (χ1v) is 6.52. The number of aryl methyl sites for hydroxylation is 2. The van der Waals surface area contributed by atoms with Gasteiger partial charge in [0.25, 0.3) is 0 Å². The quantitative estimate of drug-likeness (QED) is 0.659. The van der Waals surface area contributed by atoms with Crippen molar-refractivity contribution in [2.45, 2.75) is 20.8 Å². The lowest BCUT2D eigenvalue weighted by molar-refractivity contribution is 1.20. The molecule has 2 rings (SSSR count). The summed E-state index contributed by atoms with van der Waals surface area (Å²) in [6, 6.07) is 17.1. The summed E-state index contributed by atoms with van der Waals surface area (Å²) in [4.78, 5) is 2.19. The maximum Gasteiger partial charge on any atom is 0.0408 e. The Balaban J connectivity index is 0.000000550. The van der Waals surface area contributed by atoms with Crippen LogP contribution in [0.3, 0.4) is 0 Å². The van der Waals surface area contributed by atoms with Crippen LogP contribution in [-0.2, 0) is 0 Å². The molecule has 0 aromatic heterocycles. The Morgan fingerprint density at radius 3 is 1.32 bits per heavy atom. The van der Waals surface area contributed by atoms with Crippen molar-refractivity contribution >= 4 is 11.4 Å². The summed E-state index contributed by atoms with van der Waals surface area (Å²) in [5.41, 5.74) is 5.02. The topological polar surface area (TPSA) is 3.24 Å². The molecule has 2 aromatic rings. The average Bonchev–Trinajstić information content (AvgIpc) is 2.41.